The number of pyridine rings is 1. The van der Waals surface area contributed by atoms with Crippen LogP contribution in [0.1, 0.15) is 12.5 Å². The van der Waals surface area contributed by atoms with Gasteiger partial charge in [-0.25, -0.2) is 4.98 Å². The first-order valence-corrected chi connectivity index (χ1v) is 19.4. The van der Waals surface area contributed by atoms with E-state index in [0.29, 0.717) is 0 Å². The molecule has 0 amide bonds. The van der Waals surface area contributed by atoms with Gasteiger partial charge in [0.1, 0.15) is 0 Å². The molecule has 3 nitrogen and oxygen atoms in total. The summed E-state index contributed by atoms with van der Waals surface area (Å²) in [5.74, 6) is 0. The van der Waals surface area contributed by atoms with Crippen molar-refractivity contribution in [2.45, 2.75) is 6.92 Å². The Morgan fingerprint density at radius 1 is 0.456 bits per heavy atom. The van der Waals surface area contributed by atoms with Crippen LogP contribution in [0.5, 0.6) is 0 Å². The lowest BCUT2D eigenvalue weighted by Gasteiger charge is -2.12. The molecule has 57 heavy (non-hydrogen) atoms. The molecule has 10 rings (SSSR count). The summed E-state index contributed by atoms with van der Waals surface area (Å²) in [6.45, 7) is 6.01. The smallest absolute Gasteiger partial charge is 0.0715 e. The Morgan fingerprint density at radius 2 is 0.965 bits per heavy atom. The van der Waals surface area contributed by atoms with Crippen LogP contribution >= 0.6 is 0 Å². The van der Waals surface area contributed by atoms with Crippen molar-refractivity contribution in [2.24, 2.45) is 0 Å². The maximum absolute atomic E-state index is 5.18. The maximum Gasteiger partial charge on any atom is 0.0715 e. The summed E-state index contributed by atoms with van der Waals surface area (Å²) in [5.41, 5.74) is 15.6. The number of nitrogens with zero attached hydrogens (tertiary/aromatic N) is 3. The molecule has 7 aromatic carbocycles. The van der Waals surface area contributed by atoms with E-state index in [1.54, 1.807) is 0 Å². The molecule has 0 aliphatic heterocycles. The molecule has 10 aromatic rings. The number of para-hydroxylation sites is 3. The number of hydrogen-bond donors (Lipinski definition) is 0. The Labute approximate surface area is 332 Å². The molecule has 3 heterocycles. The molecule has 0 atom stereocenters. The molecule has 0 N–H and O–H groups in total. The number of rotatable bonds is 8. The van der Waals surface area contributed by atoms with E-state index in [-0.39, 0.29) is 0 Å². The van der Waals surface area contributed by atoms with Crippen LogP contribution in [-0.2, 0) is 0 Å². The average Bonchev–Trinajstić information content (AvgIpc) is 3.79. The van der Waals surface area contributed by atoms with Crippen LogP contribution in [0.3, 0.4) is 0 Å². The molecule has 0 spiro atoms. The molecule has 0 saturated heterocycles. The summed E-state index contributed by atoms with van der Waals surface area (Å²) in [7, 11) is 0. The van der Waals surface area contributed by atoms with Crippen molar-refractivity contribution in [2.75, 3.05) is 0 Å². The second-order valence-corrected chi connectivity index (χ2v) is 14.4. The Hall–Kier alpha value is -7.49. The topological polar surface area (TPSA) is 22.8 Å². The third kappa shape index (κ3) is 5.98. The van der Waals surface area contributed by atoms with Crippen LogP contribution in [0.4, 0.5) is 0 Å². The first-order valence-electron chi connectivity index (χ1n) is 19.4. The summed E-state index contributed by atoms with van der Waals surface area (Å²) in [6.07, 6.45) is 8.07. The van der Waals surface area contributed by atoms with Crippen LogP contribution in [0.2, 0.25) is 0 Å². The largest absolute Gasteiger partial charge is 0.309 e. The highest BCUT2D eigenvalue weighted by Crippen LogP contribution is 2.39. The van der Waals surface area contributed by atoms with Crippen molar-refractivity contribution in [3.63, 3.8) is 0 Å². The fourth-order valence-electron chi connectivity index (χ4n) is 8.37. The summed E-state index contributed by atoms with van der Waals surface area (Å²) in [4.78, 5) is 5.18. The van der Waals surface area contributed by atoms with E-state index in [2.05, 4.69) is 204 Å². The molecular weight excluding hydrogens is 691 g/mol. The molecule has 0 fully saturated rings. The molecule has 0 radical (unpaired) electrons. The first kappa shape index (κ1) is 34.0. The lowest BCUT2D eigenvalue weighted by molar-refractivity contribution is 1.18. The summed E-state index contributed by atoms with van der Waals surface area (Å²) < 4.78 is 4.76. The monoisotopic (exact) mass is 729 g/mol. The van der Waals surface area contributed by atoms with Gasteiger partial charge in [0.25, 0.3) is 0 Å². The number of benzene rings is 7. The van der Waals surface area contributed by atoms with E-state index in [1.165, 1.54) is 54.7 Å². The zero-order valence-corrected chi connectivity index (χ0v) is 31.7. The minimum Gasteiger partial charge on any atom is -0.309 e. The van der Waals surface area contributed by atoms with Crippen molar-refractivity contribution in [1.29, 1.82) is 0 Å². The average molecular weight is 730 g/mol. The van der Waals surface area contributed by atoms with Gasteiger partial charge in [0.05, 0.1) is 33.5 Å². The number of aromatic nitrogens is 3. The number of hydrogen-bond acceptors (Lipinski definition) is 1. The maximum atomic E-state index is 5.18. The number of fused-ring (bicyclic) bond motifs is 6. The normalized spacial score (nSPS) is 12.1. The van der Waals surface area contributed by atoms with Crippen LogP contribution in [0.15, 0.2) is 213 Å². The highest BCUT2D eigenvalue weighted by atomic mass is 15.0. The van der Waals surface area contributed by atoms with Gasteiger partial charge in [-0.3, -0.25) is 0 Å². The summed E-state index contributed by atoms with van der Waals surface area (Å²) >= 11 is 0. The van der Waals surface area contributed by atoms with Gasteiger partial charge in [0.2, 0.25) is 0 Å². The van der Waals surface area contributed by atoms with Crippen molar-refractivity contribution in [3.05, 3.63) is 218 Å². The minimum absolute atomic E-state index is 0.924. The Bertz CT molecular complexity index is 3180. The predicted molar refractivity (Wildman–Crippen MR) is 242 cm³/mol. The van der Waals surface area contributed by atoms with E-state index < -0.39 is 0 Å². The van der Waals surface area contributed by atoms with Crippen molar-refractivity contribution < 1.29 is 0 Å². The lowest BCUT2D eigenvalue weighted by Crippen LogP contribution is -1.95. The second-order valence-electron chi connectivity index (χ2n) is 14.4. The Morgan fingerprint density at radius 3 is 1.65 bits per heavy atom. The highest BCUT2D eigenvalue weighted by Gasteiger charge is 2.17. The molecule has 0 bridgehead atoms. The van der Waals surface area contributed by atoms with Gasteiger partial charge in [-0.05, 0) is 95.9 Å². The number of allylic oxidation sites excluding steroid dienone is 5. The van der Waals surface area contributed by atoms with Crippen LogP contribution in [-0.4, -0.2) is 14.1 Å². The van der Waals surface area contributed by atoms with Crippen LogP contribution < -0.4 is 0 Å². The van der Waals surface area contributed by atoms with E-state index in [4.69, 9.17) is 4.98 Å². The molecule has 0 saturated carbocycles. The van der Waals surface area contributed by atoms with Crippen molar-refractivity contribution in [1.82, 2.24) is 14.1 Å². The fraction of sp³-hybridized carbons (Fsp3) is 0.0185. The first-order chi connectivity index (χ1) is 28.2. The van der Waals surface area contributed by atoms with Gasteiger partial charge >= 0.3 is 0 Å². The SMILES string of the molecule is C=C/C=C(\C=C/C)c1cc(-c2ccccc2)nc(-c2ccc(-n3c4ccccc4c4cc(-c5ccc6c7ccccc7n(-c7ccccc7)c6c5)ccc43)cc2)c1. The van der Waals surface area contributed by atoms with Crippen molar-refractivity contribution in [3.8, 4) is 45.0 Å². The van der Waals surface area contributed by atoms with Crippen LogP contribution in [0, 0.1) is 0 Å². The van der Waals surface area contributed by atoms with Gasteiger partial charge in [0.15, 0.2) is 0 Å². The molecule has 3 heteroatoms. The van der Waals surface area contributed by atoms with Gasteiger partial charge in [0, 0.05) is 44.0 Å². The fourth-order valence-corrected chi connectivity index (χ4v) is 8.37. The molecule has 3 aromatic heterocycles. The molecule has 270 valence electrons. The highest BCUT2D eigenvalue weighted by molar-refractivity contribution is 6.12. The zero-order chi connectivity index (χ0) is 38.3. The van der Waals surface area contributed by atoms with E-state index in [0.717, 1.165) is 45.0 Å². The molecule has 0 aliphatic carbocycles. The predicted octanol–water partition coefficient (Wildman–Crippen LogP) is 14.4. The third-order valence-corrected chi connectivity index (χ3v) is 11.0. The van der Waals surface area contributed by atoms with E-state index >= 15 is 0 Å². The summed E-state index contributed by atoms with van der Waals surface area (Å²) in [6, 6.07) is 65.4. The van der Waals surface area contributed by atoms with Gasteiger partial charge in [-0.1, -0.05) is 146 Å². The van der Waals surface area contributed by atoms with Crippen molar-refractivity contribution >= 4 is 49.2 Å². The third-order valence-electron chi connectivity index (χ3n) is 11.0. The zero-order valence-electron chi connectivity index (χ0n) is 31.7. The Kier molecular flexibility index (Phi) is 8.54. The summed E-state index contributed by atoms with van der Waals surface area (Å²) in [5, 5.41) is 4.97. The minimum atomic E-state index is 0.924. The van der Waals surface area contributed by atoms with Crippen LogP contribution in [0.25, 0.3) is 94.2 Å². The molecule has 0 unspecified atom stereocenters. The Balaban J connectivity index is 1.08. The quantitative estimate of drug-likeness (QED) is 0.143. The van der Waals surface area contributed by atoms with Gasteiger partial charge in [-0.15, -0.1) is 0 Å². The van der Waals surface area contributed by atoms with E-state index in [1.807, 2.05) is 25.1 Å². The lowest BCUT2D eigenvalue weighted by atomic mass is 9.99. The molecular formula is C54H39N3. The van der Waals surface area contributed by atoms with Gasteiger partial charge < -0.3 is 9.13 Å². The van der Waals surface area contributed by atoms with E-state index in [9.17, 15) is 0 Å². The standard InChI is InChI=1S/C54H39N3/c1-3-15-37(16-4-2)42-34-49(38-17-7-5-8-18-38)55-50(35-42)39-25-29-44(30-26-39)56-52-24-14-12-22-46(52)48-33-40(28-32-53(48)56)41-27-31-47-45-21-11-13-23-51(45)57(54(47)36-41)43-19-9-6-10-20-43/h3-36H,1H2,2H3/b16-4-,37-15+. The van der Waals surface area contributed by atoms with Gasteiger partial charge in [-0.2, -0.15) is 0 Å². The second kappa shape index (κ2) is 14.3. The molecule has 0 aliphatic rings.